The van der Waals surface area contributed by atoms with E-state index in [0.29, 0.717) is 6.04 Å². The highest BCUT2D eigenvalue weighted by atomic mass is 15.3. The molecule has 1 fully saturated rings. The van der Waals surface area contributed by atoms with Crippen LogP contribution in [0.1, 0.15) is 30.7 Å². The molecule has 5 heteroatoms. The average molecular weight is 335 g/mol. The molecular weight excluding hydrogens is 310 g/mol. The Morgan fingerprint density at radius 3 is 2.72 bits per heavy atom. The molecule has 0 unspecified atom stereocenters. The Labute approximate surface area is 148 Å². The number of hydrogen-bond acceptors (Lipinski definition) is 3. The maximum absolute atomic E-state index is 4.64. The average Bonchev–Trinajstić information content (AvgIpc) is 3.30. The lowest BCUT2D eigenvalue weighted by Crippen LogP contribution is -2.42. The molecule has 1 aliphatic heterocycles. The second-order valence-corrected chi connectivity index (χ2v) is 6.81. The summed E-state index contributed by atoms with van der Waals surface area (Å²) in [7, 11) is 0. The summed E-state index contributed by atoms with van der Waals surface area (Å²) in [4.78, 5) is 7.22. The number of likely N-dealkylation sites (tertiary alicyclic amines) is 1. The van der Waals surface area contributed by atoms with Crippen molar-refractivity contribution in [2.75, 3.05) is 6.54 Å². The van der Waals surface area contributed by atoms with Gasteiger partial charge in [0, 0.05) is 37.4 Å². The predicted molar refractivity (Wildman–Crippen MR) is 98.0 cm³/mol. The summed E-state index contributed by atoms with van der Waals surface area (Å²) in [5, 5.41) is 4.38. The monoisotopic (exact) mass is 335 g/mol. The van der Waals surface area contributed by atoms with Crippen molar-refractivity contribution in [1.82, 2.24) is 24.2 Å². The largest absolute Gasteiger partial charge is 0.329 e. The Morgan fingerprint density at radius 1 is 0.960 bits per heavy atom. The standard InChI is InChI=1S/C20H25N5/c1-2-7-18(8-3-1)15-24-14-11-21-20(24)17-23-12-5-4-9-19(23)16-25-13-6-10-22-25/h1-3,6-8,10-11,13-14,19H,4-5,9,12,15-17H2/t19-/m1/s1. The van der Waals surface area contributed by atoms with Crippen LogP contribution in [0, 0.1) is 0 Å². The molecule has 25 heavy (non-hydrogen) atoms. The molecule has 0 saturated carbocycles. The maximum Gasteiger partial charge on any atom is 0.123 e. The number of aromatic nitrogens is 4. The lowest BCUT2D eigenvalue weighted by Gasteiger charge is -2.35. The third-order valence-corrected chi connectivity index (χ3v) is 5.05. The molecule has 0 radical (unpaired) electrons. The summed E-state index contributed by atoms with van der Waals surface area (Å²) in [6, 6.07) is 13.1. The Kier molecular flexibility index (Phi) is 4.93. The van der Waals surface area contributed by atoms with E-state index < -0.39 is 0 Å². The van der Waals surface area contributed by atoms with Crippen molar-refractivity contribution in [3.05, 3.63) is 72.6 Å². The lowest BCUT2D eigenvalue weighted by molar-refractivity contribution is 0.117. The van der Waals surface area contributed by atoms with Crippen molar-refractivity contribution in [2.45, 2.75) is 44.9 Å². The fourth-order valence-corrected chi connectivity index (χ4v) is 3.70. The second-order valence-electron chi connectivity index (χ2n) is 6.81. The quantitative estimate of drug-likeness (QED) is 0.694. The SMILES string of the molecule is c1ccc(Cn2ccnc2CN2CCCC[C@@H]2Cn2cccn2)cc1. The molecule has 1 aromatic carbocycles. The predicted octanol–water partition coefficient (Wildman–Crippen LogP) is 3.18. The molecule has 1 aliphatic rings. The minimum absolute atomic E-state index is 0.538. The summed E-state index contributed by atoms with van der Waals surface area (Å²) in [6.07, 6.45) is 11.7. The fourth-order valence-electron chi connectivity index (χ4n) is 3.70. The van der Waals surface area contributed by atoms with Crippen molar-refractivity contribution >= 4 is 0 Å². The van der Waals surface area contributed by atoms with Crippen molar-refractivity contribution < 1.29 is 0 Å². The Bertz CT molecular complexity index is 763. The van der Waals surface area contributed by atoms with Crippen LogP contribution in [0.25, 0.3) is 0 Å². The van der Waals surface area contributed by atoms with Crippen LogP contribution in [0.3, 0.4) is 0 Å². The van der Waals surface area contributed by atoms with Crippen molar-refractivity contribution in [3.63, 3.8) is 0 Å². The van der Waals surface area contributed by atoms with Gasteiger partial charge >= 0.3 is 0 Å². The van der Waals surface area contributed by atoms with E-state index in [1.807, 2.05) is 18.5 Å². The van der Waals surface area contributed by atoms with Crippen molar-refractivity contribution in [2.24, 2.45) is 0 Å². The van der Waals surface area contributed by atoms with E-state index in [4.69, 9.17) is 0 Å². The van der Waals surface area contributed by atoms with E-state index in [1.54, 1.807) is 0 Å². The fraction of sp³-hybridized carbons (Fsp3) is 0.400. The molecular formula is C20H25N5. The van der Waals surface area contributed by atoms with E-state index >= 15 is 0 Å². The first-order valence-electron chi connectivity index (χ1n) is 9.14. The summed E-state index contributed by atoms with van der Waals surface area (Å²) in [5.41, 5.74) is 1.31. The van der Waals surface area contributed by atoms with Gasteiger partial charge in [-0.2, -0.15) is 5.10 Å². The second kappa shape index (κ2) is 7.66. The molecule has 0 bridgehead atoms. The topological polar surface area (TPSA) is 38.9 Å². The molecule has 0 spiro atoms. The van der Waals surface area contributed by atoms with Gasteiger partial charge in [0.2, 0.25) is 0 Å². The molecule has 0 aliphatic carbocycles. The van der Waals surface area contributed by atoms with Gasteiger partial charge in [-0.05, 0) is 31.0 Å². The molecule has 3 heterocycles. The summed E-state index contributed by atoms with van der Waals surface area (Å²) in [6.45, 7) is 3.90. The molecule has 3 aromatic rings. The van der Waals surface area contributed by atoms with Crippen LogP contribution < -0.4 is 0 Å². The van der Waals surface area contributed by atoms with Crippen LogP contribution in [0.15, 0.2) is 61.2 Å². The van der Waals surface area contributed by atoms with E-state index in [1.165, 1.54) is 24.8 Å². The Hall–Kier alpha value is -2.40. The molecule has 1 saturated heterocycles. The van der Waals surface area contributed by atoms with E-state index in [2.05, 4.69) is 67.0 Å². The number of rotatable bonds is 6. The zero-order valence-corrected chi connectivity index (χ0v) is 14.5. The molecule has 2 aromatic heterocycles. The van der Waals surface area contributed by atoms with Gasteiger partial charge in [0.15, 0.2) is 0 Å². The van der Waals surface area contributed by atoms with Gasteiger partial charge in [-0.1, -0.05) is 36.8 Å². The van der Waals surface area contributed by atoms with E-state index in [0.717, 1.165) is 32.0 Å². The molecule has 1 atom stereocenters. The van der Waals surface area contributed by atoms with Gasteiger partial charge in [0.25, 0.3) is 0 Å². The van der Waals surface area contributed by atoms with Crippen LogP contribution in [-0.4, -0.2) is 36.8 Å². The highest BCUT2D eigenvalue weighted by Gasteiger charge is 2.24. The number of nitrogens with zero attached hydrogens (tertiary/aromatic N) is 5. The van der Waals surface area contributed by atoms with Gasteiger partial charge in [0.1, 0.15) is 5.82 Å². The Balaban J connectivity index is 1.46. The highest BCUT2D eigenvalue weighted by Crippen LogP contribution is 2.21. The van der Waals surface area contributed by atoms with Gasteiger partial charge in [-0.15, -0.1) is 0 Å². The minimum atomic E-state index is 0.538. The van der Waals surface area contributed by atoms with E-state index in [9.17, 15) is 0 Å². The van der Waals surface area contributed by atoms with Gasteiger partial charge < -0.3 is 4.57 Å². The first-order chi connectivity index (χ1) is 12.4. The van der Waals surface area contributed by atoms with Crippen LogP contribution >= 0.6 is 0 Å². The minimum Gasteiger partial charge on any atom is -0.329 e. The lowest BCUT2D eigenvalue weighted by atomic mass is 10.0. The molecule has 5 nitrogen and oxygen atoms in total. The zero-order valence-electron chi connectivity index (χ0n) is 14.5. The first-order valence-corrected chi connectivity index (χ1v) is 9.14. The summed E-state index contributed by atoms with van der Waals surface area (Å²) >= 11 is 0. The summed E-state index contributed by atoms with van der Waals surface area (Å²) < 4.78 is 4.33. The molecule has 130 valence electrons. The third-order valence-electron chi connectivity index (χ3n) is 5.05. The number of piperidine rings is 1. The highest BCUT2D eigenvalue weighted by molar-refractivity contribution is 5.15. The molecule has 0 amide bonds. The van der Waals surface area contributed by atoms with Crippen LogP contribution in [0.5, 0.6) is 0 Å². The number of benzene rings is 1. The van der Waals surface area contributed by atoms with Gasteiger partial charge in [-0.3, -0.25) is 9.58 Å². The van der Waals surface area contributed by atoms with Gasteiger partial charge in [-0.25, -0.2) is 4.98 Å². The van der Waals surface area contributed by atoms with Crippen molar-refractivity contribution in [3.8, 4) is 0 Å². The van der Waals surface area contributed by atoms with Crippen LogP contribution in [0.4, 0.5) is 0 Å². The molecule has 4 rings (SSSR count). The Morgan fingerprint density at radius 2 is 1.88 bits per heavy atom. The van der Waals surface area contributed by atoms with E-state index in [-0.39, 0.29) is 0 Å². The van der Waals surface area contributed by atoms with Crippen molar-refractivity contribution in [1.29, 1.82) is 0 Å². The molecule has 0 N–H and O–H groups in total. The summed E-state index contributed by atoms with van der Waals surface area (Å²) in [5.74, 6) is 1.15. The smallest absolute Gasteiger partial charge is 0.123 e. The third kappa shape index (κ3) is 3.99. The first kappa shape index (κ1) is 16.1. The number of hydrogen-bond donors (Lipinski definition) is 0. The zero-order chi connectivity index (χ0) is 16.9. The number of imidazole rings is 1. The van der Waals surface area contributed by atoms with Crippen LogP contribution in [-0.2, 0) is 19.6 Å². The van der Waals surface area contributed by atoms with Crippen LogP contribution in [0.2, 0.25) is 0 Å². The van der Waals surface area contributed by atoms with Gasteiger partial charge in [0.05, 0.1) is 13.1 Å². The normalized spacial score (nSPS) is 18.5. The maximum atomic E-state index is 4.64.